The van der Waals surface area contributed by atoms with Crippen molar-refractivity contribution in [2.45, 2.75) is 12.5 Å². The van der Waals surface area contributed by atoms with Gasteiger partial charge in [-0.25, -0.2) is 4.98 Å². The highest BCUT2D eigenvalue weighted by Crippen LogP contribution is 2.25. The van der Waals surface area contributed by atoms with Crippen LogP contribution in [0.2, 0.25) is 4.34 Å². The Bertz CT molecular complexity index is 474. The number of aliphatic hydroxyl groups is 1. The van der Waals surface area contributed by atoms with Crippen LogP contribution in [0.1, 0.15) is 16.8 Å². The fourth-order valence-corrected chi connectivity index (χ4v) is 2.38. The number of nitrogens with zero attached hydrogens (tertiary/aromatic N) is 2. The molecule has 3 nitrogen and oxygen atoms in total. The van der Waals surface area contributed by atoms with E-state index in [0.717, 1.165) is 10.2 Å². The quantitative estimate of drug-likeness (QED) is 0.945. The molecule has 0 radical (unpaired) electrons. The molecule has 2 aromatic heterocycles. The van der Waals surface area contributed by atoms with Gasteiger partial charge in [-0.15, -0.1) is 11.3 Å². The van der Waals surface area contributed by atoms with Crippen molar-refractivity contribution in [3.05, 3.63) is 44.0 Å². The summed E-state index contributed by atoms with van der Waals surface area (Å²) < 4.78 is 1.50. The third kappa shape index (κ3) is 3.01. The van der Waals surface area contributed by atoms with Crippen molar-refractivity contribution in [3.8, 4) is 0 Å². The number of aliphatic hydroxyl groups excluding tert-OH is 1. The molecule has 0 amide bonds. The van der Waals surface area contributed by atoms with E-state index in [2.05, 4.69) is 25.9 Å². The maximum Gasteiger partial charge on any atom is 0.123 e. The van der Waals surface area contributed by atoms with Crippen LogP contribution < -0.4 is 0 Å². The Morgan fingerprint density at radius 1 is 1.38 bits per heavy atom. The van der Waals surface area contributed by atoms with Gasteiger partial charge in [0.2, 0.25) is 0 Å². The number of halogens is 2. The molecular formula is C10H8BrClN2OS. The van der Waals surface area contributed by atoms with E-state index >= 15 is 0 Å². The zero-order chi connectivity index (χ0) is 11.5. The zero-order valence-corrected chi connectivity index (χ0v) is 11.3. The molecule has 0 bridgehead atoms. The second-order valence-corrected chi connectivity index (χ2v) is 5.80. The predicted octanol–water partition coefficient (Wildman–Crippen LogP) is 3.23. The van der Waals surface area contributed by atoms with Crippen LogP contribution in [-0.4, -0.2) is 15.1 Å². The van der Waals surface area contributed by atoms with Crippen LogP contribution in [0.25, 0.3) is 0 Å². The Morgan fingerprint density at radius 3 is 2.75 bits per heavy atom. The summed E-state index contributed by atoms with van der Waals surface area (Å²) in [6.45, 7) is 0. The van der Waals surface area contributed by atoms with Gasteiger partial charge in [0, 0.05) is 22.8 Å². The van der Waals surface area contributed by atoms with E-state index in [9.17, 15) is 5.11 Å². The molecular weight excluding hydrogens is 312 g/mol. The van der Waals surface area contributed by atoms with Crippen molar-refractivity contribution in [1.29, 1.82) is 0 Å². The first-order valence-electron chi connectivity index (χ1n) is 4.55. The maximum absolute atomic E-state index is 9.89. The molecule has 0 aliphatic rings. The Morgan fingerprint density at radius 2 is 2.19 bits per heavy atom. The summed E-state index contributed by atoms with van der Waals surface area (Å²) in [7, 11) is 0. The van der Waals surface area contributed by atoms with Gasteiger partial charge in [0.1, 0.15) is 15.4 Å². The SMILES string of the molecule is OC(Cc1ccc(Br)cn1)c1ncc(Cl)s1. The van der Waals surface area contributed by atoms with Crippen LogP contribution in [0.15, 0.2) is 29.0 Å². The average Bonchev–Trinajstić information content (AvgIpc) is 2.68. The lowest BCUT2D eigenvalue weighted by Gasteiger charge is -2.06. The van der Waals surface area contributed by atoms with Gasteiger partial charge < -0.3 is 5.11 Å². The van der Waals surface area contributed by atoms with Crippen molar-refractivity contribution in [1.82, 2.24) is 9.97 Å². The highest BCUT2D eigenvalue weighted by Gasteiger charge is 2.13. The normalized spacial score (nSPS) is 12.7. The summed E-state index contributed by atoms with van der Waals surface area (Å²) in [6.07, 6.45) is 3.04. The second kappa shape index (κ2) is 5.23. The second-order valence-electron chi connectivity index (χ2n) is 3.19. The molecule has 1 unspecified atom stereocenters. The van der Waals surface area contributed by atoms with E-state index in [1.807, 2.05) is 12.1 Å². The fraction of sp³-hybridized carbons (Fsp3) is 0.200. The van der Waals surface area contributed by atoms with Crippen LogP contribution in [0, 0.1) is 0 Å². The van der Waals surface area contributed by atoms with Gasteiger partial charge in [0.25, 0.3) is 0 Å². The predicted molar refractivity (Wildman–Crippen MR) is 67.7 cm³/mol. The summed E-state index contributed by atoms with van der Waals surface area (Å²) in [5.41, 5.74) is 0.821. The molecule has 1 N–H and O–H groups in total. The minimum absolute atomic E-state index is 0.442. The van der Waals surface area contributed by atoms with Crippen LogP contribution >= 0.6 is 38.9 Å². The first kappa shape index (κ1) is 12.0. The first-order chi connectivity index (χ1) is 7.65. The van der Waals surface area contributed by atoms with Crippen LogP contribution in [0.5, 0.6) is 0 Å². The van der Waals surface area contributed by atoms with E-state index in [4.69, 9.17) is 11.6 Å². The highest BCUT2D eigenvalue weighted by molar-refractivity contribution is 9.10. The molecule has 84 valence electrons. The average molecular weight is 320 g/mol. The zero-order valence-electron chi connectivity index (χ0n) is 8.10. The van der Waals surface area contributed by atoms with Gasteiger partial charge >= 0.3 is 0 Å². The molecule has 2 aromatic rings. The molecule has 6 heteroatoms. The molecule has 1 atom stereocenters. The molecule has 16 heavy (non-hydrogen) atoms. The number of hydrogen-bond donors (Lipinski definition) is 1. The number of pyridine rings is 1. The molecule has 2 heterocycles. The van der Waals surface area contributed by atoms with Gasteiger partial charge in [-0.3, -0.25) is 4.98 Å². The van der Waals surface area contributed by atoms with Crippen molar-refractivity contribution >= 4 is 38.9 Å². The lowest BCUT2D eigenvalue weighted by molar-refractivity contribution is 0.176. The van der Waals surface area contributed by atoms with Gasteiger partial charge in [-0.05, 0) is 28.1 Å². The van der Waals surface area contributed by atoms with E-state index in [1.54, 1.807) is 12.4 Å². The third-order valence-electron chi connectivity index (χ3n) is 1.97. The Labute approximate surface area is 110 Å². The Kier molecular flexibility index (Phi) is 3.91. The van der Waals surface area contributed by atoms with Crippen molar-refractivity contribution in [3.63, 3.8) is 0 Å². The lowest BCUT2D eigenvalue weighted by Crippen LogP contribution is -2.02. The number of rotatable bonds is 3. The topological polar surface area (TPSA) is 46.0 Å². The van der Waals surface area contributed by atoms with Gasteiger partial charge in [-0.1, -0.05) is 11.6 Å². The largest absolute Gasteiger partial charge is 0.386 e. The Hall–Kier alpha value is -0.490. The van der Waals surface area contributed by atoms with E-state index in [0.29, 0.717) is 15.8 Å². The molecule has 0 aromatic carbocycles. The summed E-state index contributed by atoms with van der Waals surface area (Å²) >= 11 is 10.3. The smallest absolute Gasteiger partial charge is 0.123 e. The van der Waals surface area contributed by atoms with Crippen LogP contribution in [-0.2, 0) is 6.42 Å². The van der Waals surface area contributed by atoms with Gasteiger partial charge in [-0.2, -0.15) is 0 Å². The summed E-state index contributed by atoms with van der Waals surface area (Å²) in [6, 6.07) is 3.76. The van der Waals surface area contributed by atoms with Gasteiger partial charge in [0.15, 0.2) is 0 Å². The monoisotopic (exact) mass is 318 g/mol. The number of hydrogen-bond acceptors (Lipinski definition) is 4. The molecule has 0 saturated carbocycles. The minimum atomic E-state index is -0.647. The summed E-state index contributed by atoms with van der Waals surface area (Å²) in [4.78, 5) is 8.22. The molecule has 0 spiro atoms. The molecule has 2 rings (SSSR count). The maximum atomic E-state index is 9.89. The van der Waals surface area contributed by atoms with E-state index < -0.39 is 6.10 Å². The molecule has 0 saturated heterocycles. The molecule has 0 aliphatic carbocycles. The summed E-state index contributed by atoms with van der Waals surface area (Å²) in [5.74, 6) is 0. The van der Waals surface area contributed by atoms with E-state index in [-0.39, 0.29) is 0 Å². The number of aromatic nitrogens is 2. The van der Waals surface area contributed by atoms with Gasteiger partial charge in [0.05, 0.1) is 6.20 Å². The first-order valence-corrected chi connectivity index (χ1v) is 6.53. The lowest BCUT2D eigenvalue weighted by atomic mass is 10.2. The van der Waals surface area contributed by atoms with Crippen LogP contribution in [0.4, 0.5) is 0 Å². The number of thiazole rings is 1. The molecule has 0 fully saturated rings. The van der Waals surface area contributed by atoms with Crippen molar-refractivity contribution in [2.75, 3.05) is 0 Å². The van der Waals surface area contributed by atoms with E-state index in [1.165, 1.54) is 11.3 Å². The van der Waals surface area contributed by atoms with Crippen LogP contribution in [0.3, 0.4) is 0 Å². The standard InChI is InChI=1S/C10H8BrClN2OS/c11-6-1-2-7(13-4-6)3-8(15)10-14-5-9(12)16-10/h1-2,4-5,8,15H,3H2. The Balaban J connectivity index is 2.07. The van der Waals surface area contributed by atoms with Crippen molar-refractivity contribution in [2.24, 2.45) is 0 Å². The minimum Gasteiger partial charge on any atom is -0.386 e. The highest BCUT2D eigenvalue weighted by atomic mass is 79.9. The third-order valence-corrected chi connectivity index (χ3v) is 3.66. The summed E-state index contributed by atoms with van der Waals surface area (Å²) in [5, 5.41) is 10.5. The van der Waals surface area contributed by atoms with Crippen molar-refractivity contribution < 1.29 is 5.11 Å². The fourth-order valence-electron chi connectivity index (χ4n) is 1.23. The molecule has 0 aliphatic heterocycles.